The first-order valence-electron chi connectivity index (χ1n) is 10.1. The number of amides is 1. The van der Waals surface area contributed by atoms with Crippen molar-refractivity contribution < 1.29 is 37.3 Å². The number of hydrogen-bond donors (Lipinski definition) is 1. The topological polar surface area (TPSA) is 89.0 Å². The number of aliphatic carboxylic acids is 1. The zero-order chi connectivity index (χ0) is 23.6. The summed E-state index contributed by atoms with van der Waals surface area (Å²) in [5, 5.41) is 7.12. The molecule has 1 aromatic carbocycles. The first-order chi connectivity index (χ1) is 15.7. The number of carbonyl (C=O) groups is 2. The number of carbonyl (C=O) groups excluding carboxylic acids is 1. The van der Waals surface area contributed by atoms with Crippen molar-refractivity contribution >= 4 is 23.6 Å². The third kappa shape index (κ3) is 5.41. The first-order valence-corrected chi connectivity index (χ1v) is 11.1. The van der Waals surface area contributed by atoms with Gasteiger partial charge in [0.25, 0.3) is 5.91 Å². The highest BCUT2D eigenvalue weighted by atomic mass is 32.2. The number of benzene rings is 1. The minimum absolute atomic E-state index is 0.127. The molecular formula is C22H21F3N2O5S. The van der Waals surface area contributed by atoms with E-state index in [0.717, 1.165) is 42.1 Å². The van der Waals surface area contributed by atoms with Crippen LogP contribution in [-0.4, -0.2) is 62.7 Å². The van der Waals surface area contributed by atoms with Crippen molar-refractivity contribution in [2.75, 3.05) is 18.8 Å². The van der Waals surface area contributed by atoms with E-state index >= 15 is 0 Å². The molecule has 0 saturated carbocycles. The number of carboxylic acids is 1. The van der Waals surface area contributed by atoms with Gasteiger partial charge in [-0.15, -0.1) is 11.8 Å². The van der Waals surface area contributed by atoms with Gasteiger partial charge in [0.2, 0.25) is 0 Å². The van der Waals surface area contributed by atoms with Crippen molar-refractivity contribution in [3.63, 3.8) is 0 Å². The van der Waals surface area contributed by atoms with E-state index in [2.05, 4.69) is 4.98 Å². The van der Waals surface area contributed by atoms with Crippen LogP contribution in [0.2, 0.25) is 0 Å². The molecule has 33 heavy (non-hydrogen) atoms. The molecule has 0 bridgehead atoms. The molecule has 2 saturated heterocycles. The summed E-state index contributed by atoms with van der Waals surface area (Å²) in [4.78, 5) is 27.7. The molecule has 4 heterocycles. The number of aromatic nitrogens is 1. The van der Waals surface area contributed by atoms with E-state index in [0.29, 0.717) is 13.2 Å². The largest absolute Gasteiger partial charge is 0.490 e. The van der Waals surface area contributed by atoms with Gasteiger partial charge in [-0.3, -0.25) is 9.78 Å². The molecule has 1 amide bonds. The van der Waals surface area contributed by atoms with Crippen LogP contribution >= 0.6 is 11.8 Å². The number of hydrogen-bond acceptors (Lipinski definition) is 6. The molecule has 1 aromatic heterocycles. The lowest BCUT2D eigenvalue weighted by molar-refractivity contribution is -0.192. The summed E-state index contributed by atoms with van der Waals surface area (Å²) in [6.45, 7) is 2.88. The van der Waals surface area contributed by atoms with Gasteiger partial charge in [0.15, 0.2) is 0 Å². The lowest BCUT2D eigenvalue weighted by atomic mass is 9.92. The van der Waals surface area contributed by atoms with Crippen LogP contribution < -0.4 is 4.74 Å². The summed E-state index contributed by atoms with van der Waals surface area (Å²) in [7, 11) is 0. The number of nitrogens with zero attached hydrogens (tertiary/aromatic N) is 2. The Balaban J connectivity index is 0.000000325. The molecule has 3 aliphatic rings. The minimum atomic E-state index is -5.08. The monoisotopic (exact) mass is 482 g/mol. The molecular weight excluding hydrogens is 461 g/mol. The van der Waals surface area contributed by atoms with Crippen LogP contribution in [0.4, 0.5) is 13.2 Å². The second-order valence-corrected chi connectivity index (χ2v) is 9.56. The van der Waals surface area contributed by atoms with Gasteiger partial charge >= 0.3 is 12.1 Å². The molecule has 2 fully saturated rings. The van der Waals surface area contributed by atoms with Crippen molar-refractivity contribution in [3.8, 4) is 5.75 Å². The predicted octanol–water partition coefficient (Wildman–Crippen LogP) is 3.52. The van der Waals surface area contributed by atoms with Crippen LogP contribution in [0.25, 0.3) is 0 Å². The van der Waals surface area contributed by atoms with Crippen molar-refractivity contribution in [3.05, 3.63) is 59.4 Å². The normalized spacial score (nSPS) is 20.5. The second-order valence-electron chi connectivity index (χ2n) is 8.07. The number of rotatable bonds is 3. The van der Waals surface area contributed by atoms with Crippen LogP contribution in [-0.2, 0) is 22.7 Å². The standard InChI is InChI=1S/C20H20N2O3S.C2HF3O2/c23-19(14-3-4-15-9-24-10-16(15)6-14)22-12-20(13-22)7-18(11-26-20)25-17-2-1-5-21-8-17;3-2(4,5)1(6)7/h1-6,8,18H,7,9-13H2;(H,6,7). The van der Waals surface area contributed by atoms with E-state index in [1.807, 2.05) is 47.0 Å². The number of alkyl halides is 3. The quantitative estimate of drug-likeness (QED) is 0.716. The van der Waals surface area contributed by atoms with Crippen LogP contribution in [0.3, 0.4) is 0 Å². The van der Waals surface area contributed by atoms with Crippen LogP contribution in [0.1, 0.15) is 27.9 Å². The summed E-state index contributed by atoms with van der Waals surface area (Å²) >= 11 is 1.94. The number of likely N-dealkylation sites (tertiary alicyclic amines) is 1. The van der Waals surface area contributed by atoms with Crippen LogP contribution in [0.5, 0.6) is 5.75 Å². The van der Waals surface area contributed by atoms with E-state index in [-0.39, 0.29) is 16.8 Å². The molecule has 1 N–H and O–H groups in total. The van der Waals surface area contributed by atoms with E-state index in [4.69, 9.17) is 19.4 Å². The van der Waals surface area contributed by atoms with Gasteiger partial charge in [0, 0.05) is 37.0 Å². The number of fused-ring (bicyclic) bond motifs is 1. The molecule has 3 aliphatic heterocycles. The Bertz CT molecular complexity index is 1030. The van der Waals surface area contributed by atoms with Crippen molar-refractivity contribution in [2.24, 2.45) is 0 Å². The van der Waals surface area contributed by atoms with Crippen molar-refractivity contribution in [1.29, 1.82) is 0 Å². The number of halogens is 3. The highest BCUT2D eigenvalue weighted by Crippen LogP contribution is 2.46. The lowest BCUT2D eigenvalue weighted by Crippen LogP contribution is -2.60. The summed E-state index contributed by atoms with van der Waals surface area (Å²) in [5.74, 6) is -0.842. The Labute approximate surface area is 191 Å². The Morgan fingerprint density at radius 1 is 1.21 bits per heavy atom. The molecule has 5 rings (SSSR count). The van der Waals surface area contributed by atoms with Crippen molar-refractivity contribution in [1.82, 2.24) is 9.88 Å². The van der Waals surface area contributed by atoms with Gasteiger partial charge in [-0.05, 0) is 35.4 Å². The van der Waals surface area contributed by atoms with Gasteiger partial charge in [-0.25, -0.2) is 4.79 Å². The smallest absolute Gasteiger partial charge is 0.488 e. The van der Waals surface area contributed by atoms with E-state index in [1.165, 1.54) is 5.56 Å². The van der Waals surface area contributed by atoms with Crippen LogP contribution in [0.15, 0.2) is 42.7 Å². The van der Waals surface area contributed by atoms with Crippen molar-refractivity contribution in [2.45, 2.75) is 36.7 Å². The minimum Gasteiger partial charge on any atom is -0.488 e. The maximum Gasteiger partial charge on any atom is 0.490 e. The number of pyridine rings is 1. The number of carboxylic acid groups (broad SMARTS) is 1. The molecule has 0 aliphatic carbocycles. The van der Waals surface area contributed by atoms with Gasteiger partial charge in [-0.2, -0.15) is 13.2 Å². The lowest BCUT2D eigenvalue weighted by Gasteiger charge is -2.47. The fourth-order valence-electron chi connectivity index (χ4n) is 3.99. The van der Waals surface area contributed by atoms with Gasteiger partial charge in [0.05, 0.1) is 24.2 Å². The molecule has 1 unspecified atom stereocenters. The third-order valence-corrected chi connectivity index (χ3v) is 7.14. The number of thioether (sulfide) groups is 1. The zero-order valence-corrected chi connectivity index (χ0v) is 18.2. The average molecular weight is 482 g/mol. The fourth-order valence-corrected chi connectivity index (χ4v) is 5.51. The molecule has 11 heteroatoms. The Kier molecular flexibility index (Phi) is 6.53. The summed E-state index contributed by atoms with van der Waals surface area (Å²) in [6, 6.07) is 9.77. The third-order valence-electron chi connectivity index (χ3n) is 5.57. The SMILES string of the molecule is O=C(O)C(F)(F)F.O=C(c1ccc2c(c1)COC2)N1CC2(CC(Oc3cccnc3)CS2)C1. The van der Waals surface area contributed by atoms with E-state index in [1.54, 1.807) is 12.4 Å². The highest BCUT2D eigenvalue weighted by molar-refractivity contribution is 8.01. The Morgan fingerprint density at radius 3 is 2.61 bits per heavy atom. The van der Waals surface area contributed by atoms with Gasteiger partial charge in [0.1, 0.15) is 11.9 Å². The van der Waals surface area contributed by atoms with Gasteiger partial charge in [-0.1, -0.05) is 6.07 Å². The summed E-state index contributed by atoms with van der Waals surface area (Å²) in [5.41, 5.74) is 3.12. The summed E-state index contributed by atoms with van der Waals surface area (Å²) < 4.78 is 43.4. The molecule has 1 spiro atoms. The van der Waals surface area contributed by atoms with Gasteiger partial charge < -0.3 is 19.5 Å². The molecule has 7 nitrogen and oxygen atoms in total. The zero-order valence-electron chi connectivity index (χ0n) is 17.4. The molecule has 1 atom stereocenters. The average Bonchev–Trinajstić information content (AvgIpc) is 3.39. The molecule has 176 valence electrons. The van der Waals surface area contributed by atoms with E-state index in [9.17, 15) is 18.0 Å². The van der Waals surface area contributed by atoms with Crippen LogP contribution in [0, 0.1) is 0 Å². The molecule has 0 radical (unpaired) electrons. The van der Waals surface area contributed by atoms with E-state index < -0.39 is 12.1 Å². The second kappa shape index (κ2) is 9.22. The predicted molar refractivity (Wildman–Crippen MR) is 113 cm³/mol. The summed E-state index contributed by atoms with van der Waals surface area (Å²) in [6.07, 6.45) is -0.408. The Morgan fingerprint density at radius 2 is 1.94 bits per heavy atom. The fraction of sp³-hybridized carbons (Fsp3) is 0.409. The maximum absolute atomic E-state index is 12.8. The Hall–Kier alpha value is -2.79. The number of ether oxygens (including phenoxy) is 2. The highest BCUT2D eigenvalue weighted by Gasteiger charge is 2.51. The maximum atomic E-state index is 12.8. The first kappa shape index (κ1) is 23.4. The molecule has 2 aromatic rings.